The average Bonchev–Trinajstić information content (AvgIpc) is 1.89. The first-order valence-electron chi connectivity index (χ1n) is 2.95. The van der Waals surface area contributed by atoms with E-state index in [0.717, 1.165) is 19.1 Å². The van der Waals surface area contributed by atoms with Crippen LogP contribution in [0.2, 0.25) is 0 Å². The quantitative estimate of drug-likeness (QED) is 0.169. The molecular formula is C6H10O3. The predicted molar refractivity (Wildman–Crippen MR) is 30.6 cm³/mol. The molecule has 0 saturated heterocycles. The van der Waals surface area contributed by atoms with E-state index in [2.05, 4.69) is 4.58 Å². The van der Waals surface area contributed by atoms with Gasteiger partial charge in [-0.25, -0.2) is 0 Å². The fraction of sp³-hybridized carbons (Fsp3) is 0.667. The highest BCUT2D eigenvalue weighted by molar-refractivity contribution is 5.50. The van der Waals surface area contributed by atoms with E-state index >= 15 is 0 Å². The van der Waals surface area contributed by atoms with Crippen molar-refractivity contribution in [2.75, 3.05) is 0 Å². The summed E-state index contributed by atoms with van der Waals surface area (Å²) in [5.41, 5.74) is 0. The Kier molecular flexibility index (Phi) is 6.46. The summed E-state index contributed by atoms with van der Waals surface area (Å²) in [6, 6.07) is 0. The van der Waals surface area contributed by atoms with Crippen LogP contribution in [0.3, 0.4) is 0 Å². The van der Waals surface area contributed by atoms with Gasteiger partial charge in [0.15, 0.2) is 0 Å². The van der Waals surface area contributed by atoms with E-state index in [1.807, 2.05) is 0 Å². The number of hydrogen-bond acceptors (Lipinski definition) is 2. The van der Waals surface area contributed by atoms with Gasteiger partial charge in [-0.3, -0.25) is 0 Å². The SMILES string of the molecule is O=CCCCCC=[O+][O-]. The van der Waals surface area contributed by atoms with Crippen molar-refractivity contribution in [2.24, 2.45) is 0 Å². The molecule has 0 amide bonds. The number of carbonyl (C=O) groups excluding carboxylic acids is 2. The van der Waals surface area contributed by atoms with E-state index in [1.165, 1.54) is 6.29 Å². The van der Waals surface area contributed by atoms with E-state index < -0.39 is 0 Å². The molecule has 0 unspecified atom stereocenters. The summed E-state index contributed by atoms with van der Waals surface area (Å²) >= 11 is 0. The smallest absolute Gasteiger partial charge is 0.318 e. The van der Waals surface area contributed by atoms with Crippen LogP contribution in [0.15, 0.2) is 0 Å². The van der Waals surface area contributed by atoms with Crippen LogP contribution in [0.4, 0.5) is 0 Å². The van der Waals surface area contributed by atoms with Gasteiger partial charge in [0.2, 0.25) is 0 Å². The van der Waals surface area contributed by atoms with E-state index in [-0.39, 0.29) is 0 Å². The molecule has 0 aliphatic heterocycles. The molecule has 0 N–H and O–H groups in total. The van der Waals surface area contributed by atoms with E-state index in [4.69, 9.17) is 0 Å². The van der Waals surface area contributed by atoms with Gasteiger partial charge in [-0.2, -0.15) is 4.58 Å². The second kappa shape index (κ2) is 7.14. The molecular weight excluding hydrogens is 120 g/mol. The molecule has 0 radical (unpaired) electrons. The van der Waals surface area contributed by atoms with Gasteiger partial charge in [0.05, 0.1) is 6.42 Å². The summed E-state index contributed by atoms with van der Waals surface area (Å²) in [4.78, 5) is 9.73. The van der Waals surface area contributed by atoms with Crippen LogP contribution in [-0.2, 0) is 9.37 Å². The minimum atomic E-state index is 0.576. The highest BCUT2D eigenvalue weighted by atomic mass is 17.1. The first-order valence-corrected chi connectivity index (χ1v) is 2.95. The summed E-state index contributed by atoms with van der Waals surface area (Å²) in [5, 5.41) is 9.34. The van der Waals surface area contributed by atoms with Crippen molar-refractivity contribution in [1.29, 1.82) is 0 Å². The number of aldehydes is 2. The van der Waals surface area contributed by atoms with Gasteiger partial charge in [0.1, 0.15) is 6.29 Å². The molecule has 0 rings (SSSR count). The Balaban J connectivity index is 2.82. The molecule has 0 aliphatic carbocycles. The molecule has 0 saturated carbocycles. The van der Waals surface area contributed by atoms with Crippen molar-refractivity contribution < 1.29 is 14.6 Å². The molecule has 3 heteroatoms. The highest BCUT2D eigenvalue weighted by Gasteiger charge is 1.87. The van der Waals surface area contributed by atoms with Gasteiger partial charge in [-0.15, -0.1) is 0 Å². The van der Waals surface area contributed by atoms with Crippen LogP contribution in [0.25, 0.3) is 0 Å². The van der Waals surface area contributed by atoms with Crippen LogP contribution in [0, 0.1) is 0 Å². The van der Waals surface area contributed by atoms with Gasteiger partial charge in [-0.05, 0) is 12.8 Å². The lowest BCUT2D eigenvalue weighted by Gasteiger charge is -1.84. The largest absolute Gasteiger partial charge is 0.463 e. The van der Waals surface area contributed by atoms with Gasteiger partial charge in [0, 0.05) is 6.42 Å². The van der Waals surface area contributed by atoms with Gasteiger partial charge >= 0.3 is 6.29 Å². The first-order chi connectivity index (χ1) is 4.41. The Hall–Kier alpha value is -0.860. The van der Waals surface area contributed by atoms with Gasteiger partial charge in [-0.1, -0.05) is 0 Å². The standard InChI is InChI=1S/C6H10O3/c7-5-3-1-2-4-6-9-8/h5-6H,1-4H2. The lowest BCUT2D eigenvalue weighted by Crippen LogP contribution is -1.96. The van der Waals surface area contributed by atoms with Crippen molar-refractivity contribution in [3.8, 4) is 0 Å². The molecule has 0 spiro atoms. The Labute approximate surface area is 53.9 Å². The third-order valence-corrected chi connectivity index (χ3v) is 0.962. The Morgan fingerprint density at radius 2 is 2.00 bits per heavy atom. The number of unbranched alkanes of at least 4 members (excludes halogenated alkanes) is 3. The third-order valence-electron chi connectivity index (χ3n) is 0.962. The molecule has 0 atom stereocenters. The molecule has 52 valence electrons. The average molecular weight is 130 g/mol. The summed E-state index contributed by atoms with van der Waals surface area (Å²) in [6.07, 6.45) is 4.97. The van der Waals surface area contributed by atoms with Gasteiger partial charge in [0.25, 0.3) is 0 Å². The van der Waals surface area contributed by atoms with Crippen molar-refractivity contribution >= 4 is 12.6 Å². The predicted octanol–water partition coefficient (Wildman–Crippen LogP) is -0.244. The zero-order valence-electron chi connectivity index (χ0n) is 5.21. The van der Waals surface area contributed by atoms with Crippen LogP contribution in [0.1, 0.15) is 25.7 Å². The zero-order valence-corrected chi connectivity index (χ0v) is 5.21. The number of rotatable bonds is 5. The number of hydrogen-bond donors (Lipinski definition) is 0. The van der Waals surface area contributed by atoms with Gasteiger partial charge < -0.3 is 10.1 Å². The summed E-state index contributed by atoms with van der Waals surface area (Å²) in [6.45, 7) is 0. The topological polar surface area (TPSA) is 51.4 Å². The molecule has 9 heavy (non-hydrogen) atoms. The summed E-state index contributed by atoms with van der Waals surface area (Å²) in [7, 11) is 0. The van der Waals surface area contributed by atoms with Crippen LogP contribution >= 0.6 is 0 Å². The van der Waals surface area contributed by atoms with Crippen molar-refractivity contribution in [3.63, 3.8) is 0 Å². The monoisotopic (exact) mass is 130 g/mol. The van der Waals surface area contributed by atoms with Crippen LogP contribution in [0.5, 0.6) is 0 Å². The maximum Gasteiger partial charge on any atom is 0.318 e. The van der Waals surface area contributed by atoms with E-state index in [0.29, 0.717) is 12.8 Å². The van der Waals surface area contributed by atoms with Crippen molar-refractivity contribution in [1.82, 2.24) is 0 Å². The van der Waals surface area contributed by atoms with E-state index in [1.54, 1.807) is 0 Å². The van der Waals surface area contributed by atoms with E-state index in [9.17, 15) is 10.1 Å². The minimum Gasteiger partial charge on any atom is -0.463 e. The Morgan fingerprint density at radius 1 is 1.33 bits per heavy atom. The fourth-order valence-corrected chi connectivity index (χ4v) is 0.503. The number of carbonyl (C=O) groups is 1. The molecule has 0 bridgehead atoms. The zero-order chi connectivity index (χ0) is 6.95. The van der Waals surface area contributed by atoms with Crippen molar-refractivity contribution in [3.05, 3.63) is 0 Å². The molecule has 0 aromatic carbocycles. The Bertz CT molecular complexity index is 88.3. The molecule has 0 fully saturated rings. The molecule has 3 nitrogen and oxygen atoms in total. The summed E-state index contributed by atoms with van der Waals surface area (Å²) in [5.74, 6) is 0. The molecule has 0 aromatic rings. The van der Waals surface area contributed by atoms with Crippen LogP contribution in [-0.4, -0.2) is 12.6 Å². The highest BCUT2D eigenvalue weighted by Crippen LogP contribution is 1.93. The van der Waals surface area contributed by atoms with Crippen LogP contribution < -0.4 is 5.26 Å². The normalized spacial score (nSPS) is 10.2. The minimum absolute atomic E-state index is 0.576. The fourth-order valence-electron chi connectivity index (χ4n) is 0.503. The molecule has 0 heterocycles. The second-order valence-corrected chi connectivity index (χ2v) is 1.71. The molecule has 0 aromatic heterocycles. The maximum atomic E-state index is 9.73. The lowest BCUT2D eigenvalue weighted by atomic mass is 10.2. The Morgan fingerprint density at radius 3 is 2.56 bits per heavy atom. The summed E-state index contributed by atoms with van der Waals surface area (Å²) < 4.78 is 3.46. The first kappa shape index (κ1) is 8.14. The third kappa shape index (κ3) is 7.14. The maximum absolute atomic E-state index is 9.73. The second-order valence-electron chi connectivity index (χ2n) is 1.71. The van der Waals surface area contributed by atoms with Crippen molar-refractivity contribution in [2.45, 2.75) is 25.7 Å². The lowest BCUT2D eigenvalue weighted by molar-refractivity contribution is -1.04. The molecule has 0 aliphatic rings.